The van der Waals surface area contributed by atoms with Gasteiger partial charge in [-0.2, -0.15) is 10.5 Å². The van der Waals surface area contributed by atoms with Crippen molar-refractivity contribution in [1.82, 2.24) is 10.3 Å². The van der Waals surface area contributed by atoms with Gasteiger partial charge in [0, 0.05) is 36.3 Å². The third kappa shape index (κ3) is 6.79. The standard InChI is InChI=1S/C31H28F4N6O3/c1-3-4-5-24(33)18(2)28(29(43)39-22-14-31(34,35)15-22)40(23-11-20(17-37)10-21(32)13-23)30(44)25-6-7-27(42)41(25)26-12-19(16-36)8-9-38-26/h3-5,8-13,22,25,27-28,42H,2,6-7,14-15H2,1H3,(H,39,43)/b4-3-,24-5+/t25-,27?,28-/m0/s1. The van der Waals surface area contributed by atoms with E-state index < -0.39 is 72.1 Å². The van der Waals surface area contributed by atoms with Crippen molar-refractivity contribution in [2.75, 3.05) is 9.80 Å². The number of nitriles is 2. The Morgan fingerprint density at radius 1 is 1.20 bits per heavy atom. The molecule has 2 heterocycles. The second kappa shape index (κ2) is 13.1. The number of anilines is 2. The van der Waals surface area contributed by atoms with Crippen molar-refractivity contribution >= 4 is 23.3 Å². The van der Waals surface area contributed by atoms with E-state index in [0.717, 1.165) is 29.2 Å². The Kier molecular flexibility index (Phi) is 9.50. The number of rotatable bonds is 9. The zero-order valence-electron chi connectivity index (χ0n) is 23.6. The summed E-state index contributed by atoms with van der Waals surface area (Å²) in [5.41, 5.74) is -0.902. The monoisotopic (exact) mass is 608 g/mol. The minimum Gasteiger partial charge on any atom is -0.374 e. The predicted molar refractivity (Wildman–Crippen MR) is 152 cm³/mol. The SMILES string of the molecule is C=C(/C(F)=C\C=C/C)[C@@H](C(=O)NC1CC(F)(F)C1)N(C(=O)[C@@H]1CCC(O)N1c1cc(C#N)ccn1)c1cc(F)cc(C#N)c1. The van der Waals surface area contributed by atoms with Crippen LogP contribution in [0.4, 0.5) is 29.1 Å². The predicted octanol–water partition coefficient (Wildman–Crippen LogP) is 4.55. The first-order valence-corrected chi connectivity index (χ1v) is 13.6. The van der Waals surface area contributed by atoms with Crippen LogP contribution in [0.25, 0.3) is 0 Å². The van der Waals surface area contributed by atoms with Gasteiger partial charge in [-0.25, -0.2) is 22.5 Å². The quantitative estimate of drug-likeness (QED) is 0.315. The molecule has 1 saturated carbocycles. The van der Waals surface area contributed by atoms with Crippen LogP contribution in [0.1, 0.15) is 43.7 Å². The van der Waals surface area contributed by atoms with Gasteiger partial charge in [-0.05, 0) is 56.2 Å². The molecule has 0 radical (unpaired) electrons. The fraction of sp³-hybridized carbons (Fsp3) is 0.323. The lowest BCUT2D eigenvalue weighted by Gasteiger charge is -2.39. The molecule has 1 saturated heterocycles. The van der Waals surface area contributed by atoms with Gasteiger partial charge < -0.3 is 15.3 Å². The first-order chi connectivity index (χ1) is 20.9. The Morgan fingerprint density at radius 2 is 1.91 bits per heavy atom. The number of aromatic nitrogens is 1. The highest BCUT2D eigenvalue weighted by Gasteiger charge is 2.49. The molecule has 228 valence electrons. The Hall–Kier alpha value is -5.01. The molecule has 2 amide bonds. The van der Waals surface area contributed by atoms with Crippen LogP contribution in [0.3, 0.4) is 0 Å². The van der Waals surface area contributed by atoms with Gasteiger partial charge >= 0.3 is 0 Å². The minimum atomic E-state index is -3.01. The second-order valence-corrected chi connectivity index (χ2v) is 10.5. The molecular weight excluding hydrogens is 580 g/mol. The van der Waals surface area contributed by atoms with Gasteiger partial charge in [-0.1, -0.05) is 18.7 Å². The van der Waals surface area contributed by atoms with Gasteiger partial charge in [0.1, 0.15) is 35.8 Å². The minimum absolute atomic E-state index is 0.00193. The molecule has 1 unspecified atom stereocenters. The van der Waals surface area contributed by atoms with E-state index in [-0.39, 0.29) is 35.5 Å². The third-order valence-corrected chi connectivity index (χ3v) is 7.32. The molecule has 1 aromatic heterocycles. The smallest absolute Gasteiger partial charge is 0.252 e. The van der Waals surface area contributed by atoms with E-state index in [2.05, 4.69) is 16.9 Å². The second-order valence-electron chi connectivity index (χ2n) is 10.5. The number of nitrogens with zero attached hydrogens (tertiary/aromatic N) is 5. The fourth-order valence-electron chi connectivity index (χ4n) is 5.21. The zero-order chi connectivity index (χ0) is 32.2. The summed E-state index contributed by atoms with van der Waals surface area (Å²) in [5.74, 6) is -6.92. The van der Waals surface area contributed by atoms with Crippen LogP contribution in [0.5, 0.6) is 0 Å². The number of hydrogen-bond acceptors (Lipinski definition) is 7. The van der Waals surface area contributed by atoms with Crippen molar-refractivity contribution in [3.63, 3.8) is 0 Å². The Labute approximate surface area is 251 Å². The summed E-state index contributed by atoms with van der Waals surface area (Å²) in [5, 5.41) is 32.1. The number of halogens is 4. The summed E-state index contributed by atoms with van der Waals surface area (Å²) in [6.07, 6.45) is 2.54. The van der Waals surface area contributed by atoms with Crippen LogP contribution < -0.4 is 15.1 Å². The number of allylic oxidation sites excluding steroid dienone is 3. The van der Waals surface area contributed by atoms with Gasteiger partial charge in [0.15, 0.2) is 0 Å². The molecule has 1 aliphatic carbocycles. The summed E-state index contributed by atoms with van der Waals surface area (Å²) < 4.78 is 57.4. The lowest BCUT2D eigenvalue weighted by Crippen LogP contribution is -2.60. The molecule has 13 heteroatoms. The summed E-state index contributed by atoms with van der Waals surface area (Å²) in [7, 11) is 0. The van der Waals surface area contributed by atoms with Crippen molar-refractivity contribution in [3.05, 3.63) is 89.7 Å². The Balaban J connectivity index is 1.86. The average molecular weight is 609 g/mol. The molecule has 2 aliphatic rings. The molecule has 0 bridgehead atoms. The number of alkyl halides is 2. The number of nitrogens with one attached hydrogen (secondary N) is 1. The number of hydrogen-bond donors (Lipinski definition) is 2. The average Bonchev–Trinajstić information content (AvgIpc) is 3.37. The highest BCUT2D eigenvalue weighted by Crippen LogP contribution is 2.38. The summed E-state index contributed by atoms with van der Waals surface area (Å²) in [6, 6.07) is 5.15. The zero-order valence-corrected chi connectivity index (χ0v) is 23.6. The summed E-state index contributed by atoms with van der Waals surface area (Å²) in [4.78, 5) is 34.4. The van der Waals surface area contributed by atoms with Crippen molar-refractivity contribution in [1.29, 1.82) is 10.5 Å². The van der Waals surface area contributed by atoms with Crippen molar-refractivity contribution in [2.24, 2.45) is 0 Å². The molecule has 3 atom stereocenters. The largest absolute Gasteiger partial charge is 0.374 e. The summed E-state index contributed by atoms with van der Waals surface area (Å²) >= 11 is 0. The van der Waals surface area contributed by atoms with Gasteiger partial charge in [-0.15, -0.1) is 0 Å². The van der Waals surface area contributed by atoms with Gasteiger partial charge in [0.05, 0.1) is 23.3 Å². The first-order valence-electron chi connectivity index (χ1n) is 13.6. The molecule has 2 aromatic rings. The molecule has 0 spiro atoms. The van der Waals surface area contributed by atoms with E-state index in [4.69, 9.17) is 0 Å². The lowest BCUT2D eigenvalue weighted by molar-refractivity contribution is -0.132. The van der Waals surface area contributed by atoms with Crippen molar-refractivity contribution in [3.8, 4) is 12.1 Å². The normalized spacial score (nSPS) is 20.4. The van der Waals surface area contributed by atoms with Crippen LogP contribution >= 0.6 is 0 Å². The summed E-state index contributed by atoms with van der Waals surface area (Å²) in [6.45, 7) is 5.30. The highest BCUT2D eigenvalue weighted by molar-refractivity contribution is 6.06. The number of amides is 2. The number of aliphatic hydroxyl groups excluding tert-OH is 1. The van der Waals surface area contributed by atoms with Crippen LogP contribution in [0.15, 0.2) is 72.7 Å². The topological polar surface area (TPSA) is 133 Å². The fourth-order valence-corrected chi connectivity index (χ4v) is 5.21. The molecule has 2 N–H and O–H groups in total. The molecular formula is C31H28F4N6O3. The van der Waals surface area contributed by atoms with Crippen LogP contribution in [-0.4, -0.2) is 52.2 Å². The molecule has 4 rings (SSSR count). The maximum Gasteiger partial charge on any atom is 0.252 e. The van der Waals surface area contributed by atoms with E-state index in [1.165, 1.54) is 35.4 Å². The number of carbonyl (C=O) groups is 2. The van der Waals surface area contributed by atoms with E-state index in [9.17, 15) is 38.4 Å². The van der Waals surface area contributed by atoms with Crippen LogP contribution in [0.2, 0.25) is 0 Å². The lowest BCUT2D eigenvalue weighted by atomic mass is 9.87. The van der Waals surface area contributed by atoms with E-state index in [1.54, 1.807) is 13.0 Å². The first kappa shape index (κ1) is 31.9. The van der Waals surface area contributed by atoms with Crippen molar-refractivity contribution in [2.45, 2.75) is 62.9 Å². The Morgan fingerprint density at radius 3 is 2.55 bits per heavy atom. The Bertz CT molecular complexity index is 1600. The van der Waals surface area contributed by atoms with Crippen LogP contribution in [0, 0.1) is 28.5 Å². The number of pyridine rings is 1. The number of aliphatic hydroxyl groups is 1. The highest BCUT2D eigenvalue weighted by atomic mass is 19.3. The van der Waals surface area contributed by atoms with Gasteiger partial charge in [0.2, 0.25) is 5.91 Å². The van der Waals surface area contributed by atoms with Crippen molar-refractivity contribution < 1.29 is 32.3 Å². The molecule has 1 aliphatic heterocycles. The molecule has 2 fully saturated rings. The maximum absolute atomic E-state index is 15.4. The van der Waals surface area contributed by atoms with E-state index >= 15 is 4.39 Å². The molecule has 44 heavy (non-hydrogen) atoms. The van der Waals surface area contributed by atoms with Gasteiger partial charge in [-0.3, -0.25) is 14.5 Å². The maximum atomic E-state index is 15.4. The molecule has 9 nitrogen and oxygen atoms in total. The van der Waals surface area contributed by atoms with E-state index in [0.29, 0.717) is 0 Å². The number of carbonyl (C=O) groups excluding carboxylic acids is 2. The third-order valence-electron chi connectivity index (χ3n) is 7.32. The van der Waals surface area contributed by atoms with Crippen LogP contribution in [-0.2, 0) is 9.59 Å². The number of benzene rings is 1. The molecule has 1 aromatic carbocycles. The van der Waals surface area contributed by atoms with E-state index in [1.807, 2.05) is 6.07 Å². The van der Waals surface area contributed by atoms with Gasteiger partial charge in [0.25, 0.3) is 11.8 Å².